The first-order chi connectivity index (χ1) is 14.9. The van der Waals surface area contributed by atoms with Crippen molar-refractivity contribution in [2.24, 2.45) is 0 Å². The molecule has 0 saturated heterocycles. The van der Waals surface area contributed by atoms with Crippen LogP contribution >= 0.6 is 15.9 Å². The van der Waals surface area contributed by atoms with E-state index in [9.17, 15) is 9.59 Å². The van der Waals surface area contributed by atoms with Gasteiger partial charge in [0.1, 0.15) is 0 Å². The molecule has 0 saturated carbocycles. The van der Waals surface area contributed by atoms with Crippen molar-refractivity contribution in [1.29, 1.82) is 0 Å². The van der Waals surface area contributed by atoms with E-state index in [-0.39, 0.29) is 24.0 Å². The van der Waals surface area contributed by atoms with Gasteiger partial charge in [0.15, 0.2) is 18.0 Å². The van der Waals surface area contributed by atoms with Crippen molar-refractivity contribution in [2.75, 3.05) is 6.61 Å². The number of aromatic nitrogens is 3. The Balaban J connectivity index is 1.40. The third-order valence-corrected chi connectivity index (χ3v) is 5.41. The summed E-state index contributed by atoms with van der Waals surface area (Å²) in [4.78, 5) is 29.2. The van der Waals surface area contributed by atoms with Crippen molar-refractivity contribution >= 4 is 38.7 Å². The van der Waals surface area contributed by atoms with E-state index < -0.39 is 5.97 Å². The van der Waals surface area contributed by atoms with Gasteiger partial charge in [-0.25, -0.2) is 14.5 Å². The number of fused-ring (bicyclic) bond motifs is 1. The number of carbonyl (C=O) groups excluding carboxylic acids is 2. The summed E-state index contributed by atoms with van der Waals surface area (Å²) in [6.07, 6.45) is 3.11. The lowest BCUT2D eigenvalue weighted by atomic mass is 10.0. The molecule has 0 unspecified atom stereocenters. The first kappa shape index (κ1) is 20.9. The third-order valence-electron chi connectivity index (χ3n) is 4.88. The van der Waals surface area contributed by atoms with Crippen LogP contribution in [0.3, 0.4) is 0 Å². The summed E-state index contributed by atoms with van der Waals surface area (Å²) in [6, 6.07) is 17.0. The quantitative estimate of drug-likeness (QED) is 0.271. The Morgan fingerprint density at radius 1 is 0.968 bits per heavy atom. The van der Waals surface area contributed by atoms with E-state index in [1.165, 1.54) is 6.20 Å². The van der Waals surface area contributed by atoms with Crippen molar-refractivity contribution in [3.63, 3.8) is 0 Å². The van der Waals surface area contributed by atoms with Crippen LogP contribution < -0.4 is 0 Å². The summed E-state index contributed by atoms with van der Waals surface area (Å²) in [6.45, 7) is 3.68. The van der Waals surface area contributed by atoms with E-state index in [0.717, 1.165) is 21.0 Å². The first-order valence-electron chi connectivity index (χ1n) is 9.82. The summed E-state index contributed by atoms with van der Waals surface area (Å²) < 4.78 is 8.01. The Kier molecular flexibility index (Phi) is 5.95. The van der Waals surface area contributed by atoms with Crippen molar-refractivity contribution in [2.45, 2.75) is 19.9 Å². The van der Waals surface area contributed by atoms with E-state index in [4.69, 9.17) is 4.74 Å². The molecule has 0 atom stereocenters. The predicted molar refractivity (Wildman–Crippen MR) is 122 cm³/mol. The molecule has 2 aromatic carbocycles. The number of ketones is 1. The van der Waals surface area contributed by atoms with Crippen LogP contribution in [0.15, 0.2) is 71.5 Å². The summed E-state index contributed by atoms with van der Waals surface area (Å²) in [5, 5.41) is 5.04. The predicted octanol–water partition coefficient (Wildman–Crippen LogP) is 5.48. The van der Waals surface area contributed by atoms with E-state index in [2.05, 4.69) is 26.0 Å². The molecule has 0 aliphatic rings. The number of benzene rings is 2. The van der Waals surface area contributed by atoms with Crippen molar-refractivity contribution in [3.8, 4) is 11.1 Å². The van der Waals surface area contributed by atoms with Crippen LogP contribution in [-0.4, -0.2) is 33.1 Å². The molecule has 6 nitrogen and oxygen atoms in total. The Bertz CT molecular complexity index is 1250. The highest BCUT2D eigenvalue weighted by atomic mass is 79.9. The van der Waals surface area contributed by atoms with Crippen LogP contribution in [0.1, 0.15) is 40.6 Å². The van der Waals surface area contributed by atoms with Crippen molar-refractivity contribution in [3.05, 3.63) is 82.6 Å². The molecular formula is C24H20BrN3O3. The molecule has 0 fully saturated rings. The van der Waals surface area contributed by atoms with Gasteiger partial charge in [-0.3, -0.25) is 4.79 Å². The molecule has 0 aliphatic heterocycles. The number of pyridine rings is 1. The van der Waals surface area contributed by atoms with E-state index in [1.54, 1.807) is 29.1 Å². The number of rotatable bonds is 6. The number of halogens is 1. The van der Waals surface area contributed by atoms with Gasteiger partial charge in [-0.2, -0.15) is 5.10 Å². The van der Waals surface area contributed by atoms with Crippen molar-refractivity contribution in [1.82, 2.24) is 14.8 Å². The number of carbonyl (C=O) groups is 2. The van der Waals surface area contributed by atoms with Crippen LogP contribution in [0, 0.1) is 0 Å². The molecule has 4 aromatic rings. The van der Waals surface area contributed by atoms with Gasteiger partial charge in [0.05, 0.1) is 11.8 Å². The second kappa shape index (κ2) is 8.81. The zero-order valence-electron chi connectivity index (χ0n) is 17.1. The molecule has 4 rings (SSSR count). The van der Waals surface area contributed by atoms with E-state index in [0.29, 0.717) is 11.2 Å². The molecule has 0 N–H and O–H groups in total. The largest absolute Gasteiger partial charge is 0.454 e. The number of ether oxygens (including phenoxy) is 1. The Hall–Kier alpha value is -3.32. The van der Waals surface area contributed by atoms with Gasteiger partial charge in [-0.15, -0.1) is 0 Å². The summed E-state index contributed by atoms with van der Waals surface area (Å²) in [5.41, 5.74) is 3.53. The highest BCUT2D eigenvalue weighted by Crippen LogP contribution is 2.22. The van der Waals surface area contributed by atoms with Crippen LogP contribution in [0.5, 0.6) is 0 Å². The maximum Gasteiger partial charge on any atom is 0.340 e. The van der Waals surface area contributed by atoms with Gasteiger partial charge in [-0.1, -0.05) is 52.3 Å². The monoisotopic (exact) mass is 477 g/mol. The highest BCUT2D eigenvalue weighted by molar-refractivity contribution is 9.10. The average Bonchev–Trinajstić information content (AvgIpc) is 3.21. The maximum atomic E-state index is 12.5. The second-order valence-corrected chi connectivity index (χ2v) is 8.32. The van der Waals surface area contributed by atoms with Crippen molar-refractivity contribution < 1.29 is 14.3 Å². The minimum absolute atomic E-state index is 0.163. The molecule has 2 heterocycles. The van der Waals surface area contributed by atoms with E-state index >= 15 is 0 Å². The molecule has 31 heavy (non-hydrogen) atoms. The molecule has 0 amide bonds. The Morgan fingerprint density at radius 3 is 2.26 bits per heavy atom. The zero-order chi connectivity index (χ0) is 22.0. The smallest absolute Gasteiger partial charge is 0.340 e. The van der Waals surface area contributed by atoms with Gasteiger partial charge < -0.3 is 4.74 Å². The molecule has 156 valence electrons. The van der Waals surface area contributed by atoms with Crippen LogP contribution in [0.25, 0.3) is 22.2 Å². The van der Waals surface area contributed by atoms with Gasteiger partial charge in [0, 0.05) is 27.7 Å². The number of hydrogen-bond acceptors (Lipinski definition) is 5. The molecule has 0 radical (unpaired) electrons. The lowest BCUT2D eigenvalue weighted by Crippen LogP contribution is -2.14. The molecular weight excluding hydrogens is 458 g/mol. The standard InChI is InChI=1S/C24H20BrN3O3/c1-15(2)28-23-19(13-27-28)11-20(12-26-23)24(30)31-14-22(29)18-5-3-16(4-6-18)17-7-9-21(25)10-8-17/h3-13,15H,14H2,1-2H3. The minimum Gasteiger partial charge on any atom is -0.454 e. The highest BCUT2D eigenvalue weighted by Gasteiger charge is 2.15. The fourth-order valence-corrected chi connectivity index (χ4v) is 3.48. The van der Waals surface area contributed by atoms with Gasteiger partial charge in [-0.05, 0) is 43.2 Å². The molecule has 7 heteroatoms. The summed E-state index contributed by atoms with van der Waals surface area (Å²) >= 11 is 3.42. The SMILES string of the molecule is CC(C)n1ncc2cc(C(=O)OCC(=O)c3ccc(-c4ccc(Br)cc4)cc3)cnc21. The lowest BCUT2D eigenvalue weighted by Gasteiger charge is -2.07. The third kappa shape index (κ3) is 4.56. The maximum absolute atomic E-state index is 12.5. The molecule has 0 bridgehead atoms. The average molecular weight is 478 g/mol. The zero-order valence-corrected chi connectivity index (χ0v) is 18.7. The second-order valence-electron chi connectivity index (χ2n) is 7.40. The van der Waals surface area contributed by atoms with Gasteiger partial charge in [0.2, 0.25) is 0 Å². The normalized spacial score (nSPS) is 11.1. The minimum atomic E-state index is -0.591. The van der Waals surface area contributed by atoms with Crippen LogP contribution in [0.2, 0.25) is 0 Å². The van der Waals surface area contributed by atoms with Crippen LogP contribution in [0.4, 0.5) is 0 Å². The number of nitrogens with zero attached hydrogens (tertiary/aromatic N) is 3. The van der Waals surface area contributed by atoms with Crippen LogP contribution in [-0.2, 0) is 4.74 Å². The summed E-state index contributed by atoms with van der Waals surface area (Å²) in [5.74, 6) is -0.857. The number of esters is 1. The Morgan fingerprint density at radius 2 is 1.61 bits per heavy atom. The van der Waals surface area contributed by atoms with E-state index in [1.807, 2.05) is 50.2 Å². The van der Waals surface area contributed by atoms with Gasteiger partial charge >= 0.3 is 5.97 Å². The summed E-state index contributed by atoms with van der Waals surface area (Å²) in [7, 11) is 0. The molecule has 0 spiro atoms. The van der Waals surface area contributed by atoms with Gasteiger partial charge in [0.25, 0.3) is 0 Å². The first-order valence-corrected chi connectivity index (χ1v) is 10.6. The fourth-order valence-electron chi connectivity index (χ4n) is 3.22. The lowest BCUT2D eigenvalue weighted by molar-refractivity contribution is 0.0474. The molecule has 0 aliphatic carbocycles. The molecule has 2 aromatic heterocycles. The fraction of sp³-hybridized carbons (Fsp3) is 0.167. The topological polar surface area (TPSA) is 74.1 Å². The Labute approximate surface area is 188 Å². The number of hydrogen-bond donors (Lipinski definition) is 0. The number of Topliss-reactive ketones (excluding diaryl/α,β-unsaturated/α-hetero) is 1.